The SMILES string of the molecule is O=C(COc1ccc2ccccc2c1Br)N1CCN(c2cccc(Cl)c2)CC1. The van der Waals surface area contributed by atoms with Crippen molar-refractivity contribution in [1.29, 1.82) is 0 Å². The average molecular weight is 460 g/mol. The number of benzene rings is 3. The Hall–Kier alpha value is -2.24. The van der Waals surface area contributed by atoms with Gasteiger partial charge in [-0.3, -0.25) is 4.79 Å². The zero-order chi connectivity index (χ0) is 19.5. The molecule has 1 heterocycles. The smallest absolute Gasteiger partial charge is 0.260 e. The number of carbonyl (C=O) groups is 1. The zero-order valence-corrected chi connectivity index (χ0v) is 17.6. The normalized spacial score (nSPS) is 14.4. The number of ether oxygens (including phenoxy) is 1. The number of anilines is 1. The van der Waals surface area contributed by atoms with Crippen LogP contribution in [0.15, 0.2) is 65.1 Å². The van der Waals surface area contributed by atoms with Crippen LogP contribution < -0.4 is 9.64 Å². The molecule has 0 saturated carbocycles. The minimum atomic E-state index is 0.00537. The van der Waals surface area contributed by atoms with Crippen LogP contribution in [0.25, 0.3) is 10.8 Å². The summed E-state index contributed by atoms with van der Waals surface area (Å²) in [6.45, 7) is 2.95. The van der Waals surface area contributed by atoms with Crippen LogP contribution >= 0.6 is 27.5 Å². The van der Waals surface area contributed by atoms with E-state index in [4.69, 9.17) is 16.3 Å². The molecule has 1 fully saturated rings. The monoisotopic (exact) mass is 458 g/mol. The molecule has 1 aliphatic heterocycles. The molecular weight excluding hydrogens is 440 g/mol. The molecule has 0 aromatic heterocycles. The Morgan fingerprint density at radius 3 is 2.57 bits per heavy atom. The number of hydrogen-bond acceptors (Lipinski definition) is 3. The van der Waals surface area contributed by atoms with Crippen LogP contribution in [0, 0.1) is 0 Å². The van der Waals surface area contributed by atoms with Gasteiger partial charge >= 0.3 is 0 Å². The molecule has 0 radical (unpaired) electrons. The minimum absolute atomic E-state index is 0.00537. The van der Waals surface area contributed by atoms with Crippen LogP contribution in [0.5, 0.6) is 5.75 Å². The van der Waals surface area contributed by atoms with E-state index in [0.717, 1.165) is 39.0 Å². The molecule has 0 spiro atoms. The lowest BCUT2D eigenvalue weighted by molar-refractivity contribution is -0.133. The fraction of sp³-hybridized carbons (Fsp3) is 0.227. The summed E-state index contributed by atoms with van der Waals surface area (Å²) in [5.41, 5.74) is 1.09. The molecule has 0 aliphatic carbocycles. The first kappa shape index (κ1) is 19.1. The van der Waals surface area contributed by atoms with Crippen molar-refractivity contribution in [2.24, 2.45) is 0 Å². The van der Waals surface area contributed by atoms with Gasteiger partial charge in [0.2, 0.25) is 0 Å². The van der Waals surface area contributed by atoms with Gasteiger partial charge in [0.1, 0.15) is 5.75 Å². The summed E-state index contributed by atoms with van der Waals surface area (Å²) in [4.78, 5) is 16.7. The largest absolute Gasteiger partial charge is 0.483 e. The van der Waals surface area contributed by atoms with Crippen molar-refractivity contribution in [3.63, 3.8) is 0 Å². The second-order valence-electron chi connectivity index (χ2n) is 6.74. The summed E-state index contributed by atoms with van der Waals surface area (Å²) in [5.74, 6) is 0.690. The Labute approximate surface area is 177 Å². The van der Waals surface area contributed by atoms with Gasteiger partial charge in [0.25, 0.3) is 5.91 Å². The van der Waals surface area contributed by atoms with E-state index in [2.05, 4.69) is 26.9 Å². The molecule has 0 atom stereocenters. The third kappa shape index (κ3) is 4.10. The molecule has 4 nitrogen and oxygen atoms in total. The van der Waals surface area contributed by atoms with E-state index in [-0.39, 0.29) is 12.5 Å². The third-order valence-corrected chi connectivity index (χ3v) is 6.04. The van der Waals surface area contributed by atoms with Gasteiger partial charge in [-0.25, -0.2) is 0 Å². The van der Waals surface area contributed by atoms with Gasteiger partial charge in [0.15, 0.2) is 6.61 Å². The topological polar surface area (TPSA) is 32.8 Å². The molecule has 0 bridgehead atoms. The van der Waals surface area contributed by atoms with Crippen LogP contribution in [-0.2, 0) is 4.79 Å². The molecule has 144 valence electrons. The number of halogens is 2. The Kier molecular flexibility index (Phi) is 5.74. The van der Waals surface area contributed by atoms with E-state index in [9.17, 15) is 4.79 Å². The number of amides is 1. The highest BCUT2D eigenvalue weighted by molar-refractivity contribution is 9.10. The maximum Gasteiger partial charge on any atom is 0.260 e. The van der Waals surface area contributed by atoms with Crippen molar-refractivity contribution < 1.29 is 9.53 Å². The van der Waals surface area contributed by atoms with Crippen molar-refractivity contribution in [3.05, 3.63) is 70.2 Å². The first-order valence-corrected chi connectivity index (χ1v) is 10.4. The number of hydrogen-bond donors (Lipinski definition) is 0. The number of piperazine rings is 1. The highest BCUT2D eigenvalue weighted by Crippen LogP contribution is 2.33. The van der Waals surface area contributed by atoms with E-state index in [1.807, 2.05) is 59.5 Å². The summed E-state index contributed by atoms with van der Waals surface area (Å²) >= 11 is 9.68. The van der Waals surface area contributed by atoms with E-state index < -0.39 is 0 Å². The Morgan fingerprint density at radius 1 is 1.00 bits per heavy atom. The average Bonchev–Trinajstić information content (AvgIpc) is 2.73. The molecule has 0 unspecified atom stereocenters. The molecule has 4 rings (SSSR count). The Morgan fingerprint density at radius 2 is 1.79 bits per heavy atom. The first-order valence-electron chi connectivity index (χ1n) is 9.20. The lowest BCUT2D eigenvalue weighted by Crippen LogP contribution is -2.50. The van der Waals surface area contributed by atoms with Crippen LogP contribution in [0.2, 0.25) is 5.02 Å². The summed E-state index contributed by atoms with van der Waals surface area (Å²) in [5, 5.41) is 2.93. The molecule has 3 aromatic rings. The Balaban J connectivity index is 1.34. The maximum atomic E-state index is 12.6. The van der Waals surface area contributed by atoms with Crippen molar-refractivity contribution in [3.8, 4) is 5.75 Å². The van der Waals surface area contributed by atoms with Crippen molar-refractivity contribution in [2.75, 3.05) is 37.7 Å². The first-order chi connectivity index (χ1) is 13.6. The molecular formula is C22H20BrClN2O2. The van der Waals surface area contributed by atoms with E-state index in [1.54, 1.807) is 0 Å². The fourth-order valence-corrected chi connectivity index (χ4v) is 4.23. The molecule has 6 heteroatoms. The quantitative estimate of drug-likeness (QED) is 0.551. The molecule has 1 amide bonds. The van der Waals surface area contributed by atoms with E-state index in [0.29, 0.717) is 18.8 Å². The van der Waals surface area contributed by atoms with Crippen LogP contribution in [0.4, 0.5) is 5.69 Å². The van der Waals surface area contributed by atoms with Gasteiger partial charge in [0.05, 0.1) is 4.47 Å². The molecule has 3 aromatic carbocycles. The van der Waals surface area contributed by atoms with Gasteiger partial charge in [-0.05, 0) is 51.0 Å². The molecule has 0 N–H and O–H groups in total. The predicted molar refractivity (Wildman–Crippen MR) is 117 cm³/mol. The van der Waals surface area contributed by atoms with Gasteiger partial charge in [-0.1, -0.05) is 48.0 Å². The number of carbonyl (C=O) groups excluding carboxylic acids is 1. The molecule has 1 saturated heterocycles. The zero-order valence-electron chi connectivity index (χ0n) is 15.3. The maximum absolute atomic E-state index is 12.6. The minimum Gasteiger partial charge on any atom is -0.483 e. The predicted octanol–water partition coefficient (Wildman–Crippen LogP) is 4.98. The summed E-state index contributed by atoms with van der Waals surface area (Å²) in [7, 11) is 0. The second kappa shape index (κ2) is 8.41. The highest BCUT2D eigenvalue weighted by Gasteiger charge is 2.22. The summed E-state index contributed by atoms with van der Waals surface area (Å²) in [6.07, 6.45) is 0. The summed E-state index contributed by atoms with van der Waals surface area (Å²) in [6, 6.07) is 19.8. The van der Waals surface area contributed by atoms with Gasteiger partial charge in [-0.15, -0.1) is 0 Å². The van der Waals surface area contributed by atoms with Crippen LogP contribution in [0.3, 0.4) is 0 Å². The standard InChI is InChI=1S/C22H20BrClN2O2/c23-22-19-7-2-1-4-16(19)8-9-20(22)28-15-21(27)26-12-10-25(11-13-26)18-6-3-5-17(24)14-18/h1-9,14H,10-13,15H2. The number of fused-ring (bicyclic) bond motifs is 1. The van der Waals surface area contributed by atoms with Gasteiger partial charge < -0.3 is 14.5 Å². The van der Waals surface area contributed by atoms with E-state index in [1.165, 1.54) is 0 Å². The van der Waals surface area contributed by atoms with Crippen LogP contribution in [0.1, 0.15) is 0 Å². The molecule has 1 aliphatic rings. The second-order valence-corrected chi connectivity index (χ2v) is 7.96. The number of rotatable bonds is 4. The van der Waals surface area contributed by atoms with Crippen molar-refractivity contribution >= 4 is 49.9 Å². The van der Waals surface area contributed by atoms with E-state index >= 15 is 0 Å². The molecule has 28 heavy (non-hydrogen) atoms. The van der Waals surface area contributed by atoms with Gasteiger partial charge in [-0.2, -0.15) is 0 Å². The van der Waals surface area contributed by atoms with Gasteiger partial charge in [0, 0.05) is 36.9 Å². The summed E-state index contributed by atoms with van der Waals surface area (Å²) < 4.78 is 6.70. The highest BCUT2D eigenvalue weighted by atomic mass is 79.9. The number of nitrogens with zero attached hydrogens (tertiary/aromatic N) is 2. The third-order valence-electron chi connectivity index (χ3n) is 4.98. The lowest BCUT2D eigenvalue weighted by Gasteiger charge is -2.36. The van der Waals surface area contributed by atoms with Crippen LogP contribution in [-0.4, -0.2) is 43.6 Å². The lowest BCUT2D eigenvalue weighted by atomic mass is 10.1. The van der Waals surface area contributed by atoms with Crippen molar-refractivity contribution in [1.82, 2.24) is 4.90 Å². The van der Waals surface area contributed by atoms with Crippen molar-refractivity contribution in [2.45, 2.75) is 0 Å². The Bertz CT molecular complexity index is 1000. The fourth-order valence-electron chi connectivity index (χ4n) is 3.44.